The molecule has 5 heteroatoms. The van der Waals surface area contributed by atoms with Gasteiger partial charge in [-0.25, -0.2) is 0 Å². The first kappa shape index (κ1) is 13.7. The van der Waals surface area contributed by atoms with E-state index in [1.165, 1.54) is 5.69 Å². The van der Waals surface area contributed by atoms with Crippen molar-refractivity contribution in [3.05, 3.63) is 48.0 Å². The van der Waals surface area contributed by atoms with Crippen LogP contribution in [0.1, 0.15) is 24.2 Å². The summed E-state index contributed by atoms with van der Waals surface area (Å²) in [5, 5.41) is 4.17. The first-order valence-electron chi connectivity index (χ1n) is 6.62. The molecule has 2 aromatic heterocycles. The van der Waals surface area contributed by atoms with E-state index in [1.54, 1.807) is 0 Å². The summed E-state index contributed by atoms with van der Waals surface area (Å²) in [5.74, 6) is 5.62. The van der Waals surface area contributed by atoms with Crippen molar-refractivity contribution in [3.63, 3.8) is 0 Å². The van der Waals surface area contributed by atoms with Crippen LogP contribution in [0.2, 0.25) is 0 Å². The van der Waals surface area contributed by atoms with Crippen LogP contribution in [0, 0.1) is 0 Å². The molecule has 102 valence electrons. The minimum Gasteiger partial charge on any atom is -0.273 e. The van der Waals surface area contributed by atoms with Gasteiger partial charge in [-0.3, -0.25) is 20.9 Å². The predicted octanol–water partition coefficient (Wildman–Crippen LogP) is 1.21. The summed E-state index contributed by atoms with van der Waals surface area (Å²) < 4.78 is 1.91. The molecule has 5 nitrogen and oxygen atoms in total. The van der Waals surface area contributed by atoms with Gasteiger partial charge in [0.2, 0.25) is 0 Å². The molecule has 3 N–H and O–H groups in total. The number of nitrogens with two attached hydrogens (primary N) is 1. The molecule has 1 unspecified atom stereocenters. The van der Waals surface area contributed by atoms with E-state index in [-0.39, 0.29) is 0 Å². The Morgan fingerprint density at radius 3 is 2.68 bits per heavy atom. The largest absolute Gasteiger partial charge is 0.273 e. The van der Waals surface area contributed by atoms with Crippen LogP contribution in [0.25, 0.3) is 0 Å². The second-order valence-electron chi connectivity index (χ2n) is 4.71. The van der Waals surface area contributed by atoms with E-state index >= 15 is 0 Å². The third-order valence-corrected chi connectivity index (χ3v) is 3.38. The first-order chi connectivity index (χ1) is 9.29. The highest BCUT2D eigenvalue weighted by Gasteiger charge is 2.09. The maximum Gasteiger partial charge on any atom is 0.0492 e. The smallest absolute Gasteiger partial charge is 0.0492 e. The summed E-state index contributed by atoms with van der Waals surface area (Å²) >= 11 is 0. The molecule has 0 aliphatic carbocycles. The van der Waals surface area contributed by atoms with Crippen LogP contribution in [-0.4, -0.2) is 20.8 Å². The Morgan fingerprint density at radius 1 is 1.21 bits per heavy atom. The third-order valence-electron chi connectivity index (χ3n) is 3.38. The number of hydrazine groups is 1. The van der Waals surface area contributed by atoms with Crippen molar-refractivity contribution in [2.24, 2.45) is 12.9 Å². The Balaban J connectivity index is 1.79. The molecule has 2 heterocycles. The molecule has 0 amide bonds. The molecular formula is C14H21N5. The number of rotatable bonds is 7. The molecule has 0 saturated heterocycles. The number of hydrogen-bond donors (Lipinski definition) is 2. The average Bonchev–Trinajstić information content (AvgIpc) is 2.86. The zero-order valence-electron chi connectivity index (χ0n) is 11.3. The van der Waals surface area contributed by atoms with Crippen LogP contribution >= 0.6 is 0 Å². The maximum atomic E-state index is 5.62. The van der Waals surface area contributed by atoms with Crippen LogP contribution in [0.5, 0.6) is 0 Å². The summed E-state index contributed by atoms with van der Waals surface area (Å²) in [7, 11) is 1.97. The molecule has 0 radical (unpaired) electrons. The van der Waals surface area contributed by atoms with Crippen molar-refractivity contribution in [1.29, 1.82) is 0 Å². The van der Waals surface area contributed by atoms with Crippen molar-refractivity contribution >= 4 is 0 Å². The highest BCUT2D eigenvalue weighted by molar-refractivity contribution is 5.04. The lowest BCUT2D eigenvalue weighted by molar-refractivity contribution is 0.456. The van der Waals surface area contributed by atoms with Crippen LogP contribution < -0.4 is 11.3 Å². The number of aryl methyl sites for hydroxylation is 3. The van der Waals surface area contributed by atoms with Crippen LogP contribution in [0.4, 0.5) is 0 Å². The standard InChI is InChI=1S/C14H21N5/c1-19-14(9-11-17-19)8-7-13(18-15)6-5-12-4-2-3-10-16-12/h2-4,9-11,13,18H,5-8,15H2,1H3. The van der Waals surface area contributed by atoms with E-state index in [0.29, 0.717) is 6.04 Å². The molecule has 0 spiro atoms. The summed E-state index contributed by atoms with van der Waals surface area (Å²) in [6, 6.07) is 8.35. The Kier molecular flexibility index (Phi) is 5.06. The van der Waals surface area contributed by atoms with Gasteiger partial charge in [0.1, 0.15) is 0 Å². The van der Waals surface area contributed by atoms with Gasteiger partial charge in [-0.05, 0) is 43.9 Å². The average molecular weight is 259 g/mol. The first-order valence-corrected chi connectivity index (χ1v) is 6.62. The van der Waals surface area contributed by atoms with E-state index in [4.69, 9.17) is 5.84 Å². The normalized spacial score (nSPS) is 12.5. The van der Waals surface area contributed by atoms with Gasteiger partial charge in [0, 0.05) is 36.9 Å². The minimum atomic E-state index is 0.303. The van der Waals surface area contributed by atoms with Gasteiger partial charge < -0.3 is 0 Å². The van der Waals surface area contributed by atoms with Gasteiger partial charge >= 0.3 is 0 Å². The van der Waals surface area contributed by atoms with Crippen LogP contribution in [-0.2, 0) is 19.9 Å². The zero-order valence-corrected chi connectivity index (χ0v) is 11.3. The molecule has 0 bridgehead atoms. The lowest BCUT2D eigenvalue weighted by Crippen LogP contribution is -2.36. The molecule has 2 aromatic rings. The minimum absolute atomic E-state index is 0.303. The molecule has 19 heavy (non-hydrogen) atoms. The van der Waals surface area contributed by atoms with Gasteiger partial charge in [0.25, 0.3) is 0 Å². The Labute approximate surface area is 113 Å². The van der Waals surface area contributed by atoms with E-state index in [9.17, 15) is 0 Å². The lowest BCUT2D eigenvalue weighted by atomic mass is 10.0. The van der Waals surface area contributed by atoms with Gasteiger partial charge in [-0.1, -0.05) is 6.07 Å². The van der Waals surface area contributed by atoms with Gasteiger partial charge in [0.05, 0.1) is 0 Å². The van der Waals surface area contributed by atoms with Gasteiger partial charge in [0.15, 0.2) is 0 Å². The number of nitrogens with one attached hydrogen (secondary N) is 1. The van der Waals surface area contributed by atoms with Gasteiger partial charge in [-0.2, -0.15) is 5.10 Å². The quantitative estimate of drug-likeness (QED) is 0.579. The molecule has 0 fully saturated rings. The highest BCUT2D eigenvalue weighted by atomic mass is 15.3. The molecule has 0 aliphatic heterocycles. The summed E-state index contributed by atoms with van der Waals surface area (Å²) in [5.41, 5.74) is 5.25. The van der Waals surface area contributed by atoms with E-state index in [0.717, 1.165) is 31.4 Å². The Hall–Kier alpha value is -1.72. The van der Waals surface area contributed by atoms with Crippen molar-refractivity contribution in [2.75, 3.05) is 0 Å². The fourth-order valence-corrected chi connectivity index (χ4v) is 2.15. The molecule has 0 aromatic carbocycles. The van der Waals surface area contributed by atoms with Crippen LogP contribution in [0.15, 0.2) is 36.7 Å². The molecule has 0 aliphatic rings. The fraction of sp³-hybridized carbons (Fsp3) is 0.429. The van der Waals surface area contributed by atoms with Crippen molar-refractivity contribution < 1.29 is 0 Å². The number of nitrogens with zero attached hydrogens (tertiary/aromatic N) is 3. The van der Waals surface area contributed by atoms with E-state index in [2.05, 4.69) is 21.6 Å². The number of hydrogen-bond acceptors (Lipinski definition) is 4. The molecular weight excluding hydrogens is 238 g/mol. The molecule has 0 saturated carbocycles. The van der Waals surface area contributed by atoms with Gasteiger partial charge in [-0.15, -0.1) is 0 Å². The lowest BCUT2D eigenvalue weighted by Gasteiger charge is -2.15. The molecule has 1 atom stereocenters. The van der Waals surface area contributed by atoms with Crippen molar-refractivity contribution in [2.45, 2.75) is 31.7 Å². The van der Waals surface area contributed by atoms with E-state index < -0.39 is 0 Å². The maximum absolute atomic E-state index is 5.62. The SMILES string of the molecule is Cn1nccc1CCC(CCc1ccccn1)NN. The van der Waals surface area contributed by atoms with Crippen molar-refractivity contribution in [1.82, 2.24) is 20.2 Å². The number of aromatic nitrogens is 3. The second kappa shape index (κ2) is 7.01. The second-order valence-corrected chi connectivity index (χ2v) is 4.71. The fourth-order valence-electron chi connectivity index (χ4n) is 2.15. The monoisotopic (exact) mass is 259 g/mol. The zero-order chi connectivity index (χ0) is 13.5. The van der Waals surface area contributed by atoms with E-state index in [1.807, 2.05) is 42.3 Å². The summed E-state index contributed by atoms with van der Waals surface area (Å²) in [4.78, 5) is 4.33. The predicted molar refractivity (Wildman–Crippen MR) is 75.2 cm³/mol. The Morgan fingerprint density at radius 2 is 2.05 bits per heavy atom. The Bertz CT molecular complexity index is 480. The highest BCUT2D eigenvalue weighted by Crippen LogP contribution is 2.08. The topological polar surface area (TPSA) is 68.8 Å². The third kappa shape index (κ3) is 4.15. The number of pyridine rings is 1. The summed E-state index contributed by atoms with van der Waals surface area (Å²) in [6.45, 7) is 0. The van der Waals surface area contributed by atoms with Crippen molar-refractivity contribution in [3.8, 4) is 0 Å². The summed E-state index contributed by atoms with van der Waals surface area (Å²) in [6.07, 6.45) is 7.58. The molecule has 2 rings (SSSR count). The van der Waals surface area contributed by atoms with Crippen LogP contribution in [0.3, 0.4) is 0 Å².